The Morgan fingerprint density at radius 3 is 2.48 bits per heavy atom. The van der Waals surface area contributed by atoms with Gasteiger partial charge in [0.2, 0.25) is 0 Å². The van der Waals surface area contributed by atoms with Crippen molar-refractivity contribution >= 4 is 11.6 Å². The van der Waals surface area contributed by atoms with Crippen LogP contribution in [0.2, 0.25) is 0 Å². The Morgan fingerprint density at radius 2 is 1.78 bits per heavy atom. The van der Waals surface area contributed by atoms with Gasteiger partial charge in [0.05, 0.1) is 5.56 Å². The summed E-state index contributed by atoms with van der Waals surface area (Å²) in [5.41, 5.74) is 2.22. The summed E-state index contributed by atoms with van der Waals surface area (Å²) in [6, 6.07) is 17.0. The number of nitrogens with one attached hydrogen (secondary N) is 1. The van der Waals surface area contributed by atoms with E-state index in [1.807, 2.05) is 24.3 Å². The van der Waals surface area contributed by atoms with Crippen molar-refractivity contribution in [3.63, 3.8) is 0 Å². The number of furan rings is 1. The van der Waals surface area contributed by atoms with E-state index >= 15 is 0 Å². The second-order valence-corrected chi connectivity index (χ2v) is 5.15. The molecule has 0 spiro atoms. The molecule has 1 heterocycles. The van der Waals surface area contributed by atoms with Gasteiger partial charge in [-0.25, -0.2) is 4.39 Å². The molecule has 3 nitrogen and oxygen atoms in total. The van der Waals surface area contributed by atoms with Crippen LogP contribution in [0.15, 0.2) is 65.1 Å². The largest absolute Gasteiger partial charge is 0.451 e. The molecule has 0 saturated heterocycles. The lowest BCUT2D eigenvalue weighted by Crippen LogP contribution is -2.10. The fraction of sp³-hybridized carbons (Fsp3) is 0.105. The van der Waals surface area contributed by atoms with Gasteiger partial charge in [0.15, 0.2) is 5.76 Å². The van der Waals surface area contributed by atoms with Crippen molar-refractivity contribution in [2.24, 2.45) is 0 Å². The molecule has 3 rings (SSSR count). The smallest absolute Gasteiger partial charge is 0.291 e. The summed E-state index contributed by atoms with van der Waals surface area (Å²) in [6.07, 6.45) is 0.943. The molecule has 0 fully saturated rings. The number of amides is 1. The van der Waals surface area contributed by atoms with E-state index < -0.39 is 0 Å². The second-order valence-electron chi connectivity index (χ2n) is 5.15. The maximum absolute atomic E-state index is 13.7. The Morgan fingerprint density at radius 1 is 1.04 bits per heavy atom. The normalized spacial score (nSPS) is 10.5. The molecule has 1 N–H and O–H groups in total. The number of halogens is 1. The summed E-state index contributed by atoms with van der Waals surface area (Å²) in [5.74, 6) is -0.279. The van der Waals surface area contributed by atoms with Crippen LogP contribution in [-0.2, 0) is 6.42 Å². The van der Waals surface area contributed by atoms with Crippen LogP contribution in [0, 0.1) is 5.82 Å². The summed E-state index contributed by atoms with van der Waals surface area (Å²) in [5, 5.41) is 2.76. The van der Waals surface area contributed by atoms with Crippen LogP contribution in [0.5, 0.6) is 0 Å². The summed E-state index contributed by atoms with van der Waals surface area (Å²) in [7, 11) is 0. The van der Waals surface area contributed by atoms with E-state index in [0.29, 0.717) is 17.0 Å². The highest BCUT2D eigenvalue weighted by atomic mass is 19.1. The SMILES string of the molecule is CCc1ccc(NC(=O)c2ccc(-c3ccccc3F)o2)cc1. The minimum Gasteiger partial charge on any atom is -0.451 e. The molecule has 0 aliphatic rings. The van der Waals surface area contributed by atoms with Gasteiger partial charge in [-0.05, 0) is 48.4 Å². The van der Waals surface area contributed by atoms with Gasteiger partial charge in [0, 0.05) is 5.69 Å². The van der Waals surface area contributed by atoms with Crippen molar-refractivity contribution in [1.29, 1.82) is 0 Å². The molecule has 0 atom stereocenters. The van der Waals surface area contributed by atoms with Gasteiger partial charge in [-0.2, -0.15) is 0 Å². The van der Waals surface area contributed by atoms with Gasteiger partial charge in [0.1, 0.15) is 11.6 Å². The van der Waals surface area contributed by atoms with E-state index in [-0.39, 0.29) is 17.5 Å². The minimum absolute atomic E-state index is 0.142. The standard InChI is InChI=1S/C19H16FNO2/c1-2-13-7-9-14(10-8-13)21-19(22)18-12-11-17(23-18)15-5-3-4-6-16(15)20/h3-12H,2H2,1H3,(H,21,22). The third kappa shape index (κ3) is 3.31. The fourth-order valence-electron chi connectivity index (χ4n) is 2.28. The lowest BCUT2D eigenvalue weighted by Gasteiger charge is -2.04. The zero-order chi connectivity index (χ0) is 16.2. The first kappa shape index (κ1) is 15.0. The zero-order valence-electron chi connectivity index (χ0n) is 12.7. The number of carbonyl (C=O) groups is 1. The number of hydrogen-bond donors (Lipinski definition) is 1. The molecule has 0 saturated carbocycles. The fourth-order valence-corrected chi connectivity index (χ4v) is 2.28. The minimum atomic E-state index is -0.385. The van der Waals surface area contributed by atoms with E-state index in [2.05, 4.69) is 12.2 Å². The number of benzene rings is 2. The Kier molecular flexibility index (Phi) is 4.24. The molecular weight excluding hydrogens is 293 g/mol. The van der Waals surface area contributed by atoms with Gasteiger partial charge in [-0.15, -0.1) is 0 Å². The van der Waals surface area contributed by atoms with E-state index in [1.165, 1.54) is 17.7 Å². The number of rotatable bonds is 4. The number of carbonyl (C=O) groups excluding carboxylic acids is 1. The van der Waals surface area contributed by atoms with Crippen LogP contribution >= 0.6 is 0 Å². The molecule has 23 heavy (non-hydrogen) atoms. The first-order chi connectivity index (χ1) is 11.2. The third-order valence-electron chi connectivity index (χ3n) is 3.59. The van der Waals surface area contributed by atoms with Gasteiger partial charge in [0.25, 0.3) is 5.91 Å². The number of hydrogen-bond acceptors (Lipinski definition) is 2. The number of anilines is 1. The van der Waals surface area contributed by atoms with Crippen LogP contribution in [0.4, 0.5) is 10.1 Å². The van der Waals surface area contributed by atoms with Crippen LogP contribution in [0.25, 0.3) is 11.3 Å². The molecule has 0 unspecified atom stereocenters. The molecule has 2 aromatic carbocycles. The monoisotopic (exact) mass is 309 g/mol. The summed E-state index contributed by atoms with van der Waals surface area (Å²) in [4.78, 5) is 12.2. The topological polar surface area (TPSA) is 42.2 Å². The molecule has 1 amide bonds. The highest BCUT2D eigenvalue weighted by molar-refractivity contribution is 6.02. The summed E-state index contributed by atoms with van der Waals surface area (Å²) < 4.78 is 19.2. The Balaban J connectivity index is 1.77. The van der Waals surface area contributed by atoms with Crippen molar-refractivity contribution in [3.8, 4) is 11.3 Å². The van der Waals surface area contributed by atoms with E-state index in [1.54, 1.807) is 24.3 Å². The molecule has 4 heteroatoms. The van der Waals surface area contributed by atoms with Gasteiger partial charge < -0.3 is 9.73 Å². The first-order valence-corrected chi connectivity index (χ1v) is 7.42. The second kappa shape index (κ2) is 6.48. The molecule has 3 aromatic rings. The maximum atomic E-state index is 13.7. The van der Waals surface area contributed by atoms with Crippen LogP contribution in [0.1, 0.15) is 23.0 Å². The third-order valence-corrected chi connectivity index (χ3v) is 3.59. The molecule has 0 aliphatic carbocycles. The Hall–Kier alpha value is -2.88. The van der Waals surface area contributed by atoms with E-state index in [0.717, 1.165) is 6.42 Å². The van der Waals surface area contributed by atoms with Crippen molar-refractivity contribution in [3.05, 3.63) is 77.8 Å². The van der Waals surface area contributed by atoms with Crippen molar-refractivity contribution in [1.82, 2.24) is 0 Å². The highest BCUT2D eigenvalue weighted by Crippen LogP contribution is 2.25. The molecule has 116 valence electrons. The first-order valence-electron chi connectivity index (χ1n) is 7.42. The van der Waals surface area contributed by atoms with Crippen molar-refractivity contribution in [2.45, 2.75) is 13.3 Å². The van der Waals surface area contributed by atoms with Crippen molar-refractivity contribution < 1.29 is 13.6 Å². The van der Waals surface area contributed by atoms with Crippen LogP contribution in [-0.4, -0.2) is 5.91 Å². The van der Waals surface area contributed by atoms with E-state index in [9.17, 15) is 9.18 Å². The van der Waals surface area contributed by atoms with Crippen molar-refractivity contribution in [2.75, 3.05) is 5.32 Å². The molecule has 0 radical (unpaired) electrons. The van der Waals surface area contributed by atoms with Gasteiger partial charge in [-0.3, -0.25) is 4.79 Å². The maximum Gasteiger partial charge on any atom is 0.291 e. The lowest BCUT2D eigenvalue weighted by molar-refractivity contribution is 0.0997. The van der Waals surface area contributed by atoms with E-state index in [4.69, 9.17) is 4.42 Å². The van der Waals surface area contributed by atoms with Gasteiger partial charge >= 0.3 is 0 Å². The Bertz CT molecular complexity index is 821. The highest BCUT2D eigenvalue weighted by Gasteiger charge is 2.14. The van der Waals surface area contributed by atoms with Crippen LogP contribution < -0.4 is 5.32 Å². The predicted octanol–water partition coefficient (Wildman–Crippen LogP) is 4.90. The molecule has 0 bridgehead atoms. The molecule has 1 aromatic heterocycles. The molecular formula is C19H16FNO2. The van der Waals surface area contributed by atoms with Crippen LogP contribution in [0.3, 0.4) is 0 Å². The summed E-state index contributed by atoms with van der Waals surface area (Å²) >= 11 is 0. The van der Waals surface area contributed by atoms with Gasteiger partial charge in [-0.1, -0.05) is 31.2 Å². The lowest BCUT2D eigenvalue weighted by atomic mass is 10.1. The average Bonchev–Trinajstić information content (AvgIpc) is 3.06. The average molecular weight is 309 g/mol. The number of aryl methyl sites for hydroxylation is 1. The molecule has 0 aliphatic heterocycles. The zero-order valence-corrected chi connectivity index (χ0v) is 12.7. The quantitative estimate of drug-likeness (QED) is 0.744. The Labute approximate surface area is 133 Å². The summed E-state index contributed by atoms with van der Waals surface area (Å²) in [6.45, 7) is 2.07. The predicted molar refractivity (Wildman–Crippen MR) is 87.9 cm³/mol.